The van der Waals surface area contributed by atoms with E-state index in [9.17, 15) is 19.7 Å². The van der Waals surface area contributed by atoms with E-state index in [0.29, 0.717) is 31.2 Å². The van der Waals surface area contributed by atoms with E-state index in [-0.39, 0.29) is 24.5 Å². The molecule has 1 aliphatic rings. The van der Waals surface area contributed by atoms with Gasteiger partial charge in [0.1, 0.15) is 12.6 Å². The zero-order valence-corrected chi connectivity index (χ0v) is 20.3. The van der Waals surface area contributed by atoms with Crippen LogP contribution in [0.4, 0.5) is 5.69 Å². The maximum Gasteiger partial charge on any atom is 0.338 e. The summed E-state index contributed by atoms with van der Waals surface area (Å²) in [5.74, 6) is -0.624. The van der Waals surface area contributed by atoms with Crippen molar-refractivity contribution in [1.29, 1.82) is 0 Å². The van der Waals surface area contributed by atoms with Crippen LogP contribution in [0.15, 0.2) is 69.6 Å². The van der Waals surface area contributed by atoms with Crippen molar-refractivity contribution in [2.75, 3.05) is 20.3 Å². The Kier molecular flexibility index (Phi) is 7.25. The Morgan fingerprint density at radius 2 is 2.03 bits per heavy atom. The third-order valence-electron chi connectivity index (χ3n) is 5.34. The second-order valence-corrected chi connectivity index (χ2v) is 9.00. The number of allylic oxidation sites excluding steroid dienone is 1. The van der Waals surface area contributed by atoms with E-state index in [2.05, 4.69) is 4.99 Å². The normalized spacial score (nSPS) is 15.5. The fourth-order valence-corrected chi connectivity index (χ4v) is 5.03. The van der Waals surface area contributed by atoms with Crippen molar-refractivity contribution in [2.24, 2.45) is 4.99 Å². The molecule has 0 N–H and O–H groups in total. The van der Waals surface area contributed by atoms with E-state index >= 15 is 0 Å². The minimum Gasteiger partial charge on any atom is -0.460 e. The number of fused-ring (bicyclic) bond motifs is 1. The summed E-state index contributed by atoms with van der Waals surface area (Å²) >= 11 is 7.62. The molecule has 0 spiro atoms. The topological polar surface area (TPSA) is 113 Å². The number of thiazole rings is 1. The first kappa shape index (κ1) is 24.5. The van der Waals surface area contributed by atoms with Crippen LogP contribution in [-0.4, -0.2) is 35.8 Å². The van der Waals surface area contributed by atoms with Gasteiger partial charge in [-0.3, -0.25) is 19.5 Å². The molecule has 35 heavy (non-hydrogen) atoms. The molecule has 11 heteroatoms. The summed E-state index contributed by atoms with van der Waals surface area (Å²) in [5, 5.41) is 11.5. The third-order valence-corrected chi connectivity index (χ3v) is 6.67. The third kappa shape index (κ3) is 4.95. The average Bonchev–Trinajstić information content (AvgIpc) is 3.13. The minimum atomic E-state index is -0.859. The zero-order chi connectivity index (χ0) is 25.1. The smallest absolute Gasteiger partial charge is 0.338 e. The highest BCUT2D eigenvalue weighted by Crippen LogP contribution is 2.34. The number of aromatic nitrogens is 1. The lowest BCUT2D eigenvalue weighted by Crippen LogP contribution is -2.40. The Bertz CT molecular complexity index is 1520. The summed E-state index contributed by atoms with van der Waals surface area (Å²) in [6.07, 6.45) is 1.57. The Balaban J connectivity index is 1.90. The van der Waals surface area contributed by atoms with Crippen LogP contribution in [0.2, 0.25) is 5.02 Å². The van der Waals surface area contributed by atoms with Crippen molar-refractivity contribution in [3.8, 4) is 0 Å². The Morgan fingerprint density at radius 1 is 1.26 bits per heavy atom. The van der Waals surface area contributed by atoms with Gasteiger partial charge in [-0.2, -0.15) is 0 Å². The number of carbonyl (C=O) groups excluding carboxylic acids is 1. The lowest BCUT2D eigenvalue weighted by Gasteiger charge is -2.25. The summed E-state index contributed by atoms with van der Waals surface area (Å²) in [4.78, 5) is 42.2. The predicted molar refractivity (Wildman–Crippen MR) is 131 cm³/mol. The number of halogens is 1. The zero-order valence-electron chi connectivity index (χ0n) is 18.8. The van der Waals surface area contributed by atoms with Gasteiger partial charge in [0.2, 0.25) is 0 Å². The number of nitrogens with zero attached hydrogens (tertiary/aromatic N) is 3. The largest absolute Gasteiger partial charge is 0.460 e. The van der Waals surface area contributed by atoms with E-state index < -0.39 is 22.5 Å². The summed E-state index contributed by atoms with van der Waals surface area (Å²) in [6.45, 7) is 1.94. The molecule has 2 aromatic carbocycles. The molecule has 0 bridgehead atoms. The van der Waals surface area contributed by atoms with Gasteiger partial charge in [-0.1, -0.05) is 53.3 Å². The highest BCUT2D eigenvalue weighted by Gasteiger charge is 2.34. The molecular formula is C24H20ClN3O6S. The van der Waals surface area contributed by atoms with E-state index in [4.69, 9.17) is 21.1 Å². The highest BCUT2D eigenvalue weighted by molar-refractivity contribution is 7.07. The van der Waals surface area contributed by atoms with Crippen LogP contribution in [0.25, 0.3) is 6.08 Å². The van der Waals surface area contributed by atoms with Gasteiger partial charge < -0.3 is 9.47 Å². The molecule has 1 atom stereocenters. The number of ether oxygens (including phenoxy) is 2. The predicted octanol–water partition coefficient (Wildman–Crippen LogP) is 2.99. The van der Waals surface area contributed by atoms with Crippen LogP contribution >= 0.6 is 22.9 Å². The SMILES string of the molecule is COCCOC(=O)C1=C(C)N=c2sc(=Cc3cccc([N+](=O)[O-])c3)c(=O)n2C1c1ccccc1Cl. The molecule has 0 saturated heterocycles. The number of non-ortho nitro benzene ring substituents is 1. The van der Waals surface area contributed by atoms with Gasteiger partial charge in [0, 0.05) is 24.3 Å². The summed E-state index contributed by atoms with van der Waals surface area (Å²) in [6, 6.07) is 12.1. The molecule has 0 saturated carbocycles. The summed E-state index contributed by atoms with van der Waals surface area (Å²) in [5.41, 5.74) is 1.15. The second-order valence-electron chi connectivity index (χ2n) is 7.58. The number of benzene rings is 2. The number of carbonyl (C=O) groups is 1. The number of hydrogen-bond acceptors (Lipinski definition) is 8. The Morgan fingerprint density at radius 3 is 2.74 bits per heavy atom. The minimum absolute atomic E-state index is 0.0402. The van der Waals surface area contributed by atoms with E-state index in [1.54, 1.807) is 49.4 Å². The van der Waals surface area contributed by atoms with Gasteiger partial charge >= 0.3 is 5.97 Å². The van der Waals surface area contributed by atoms with Gasteiger partial charge in [-0.05, 0) is 30.2 Å². The second kappa shape index (κ2) is 10.3. The molecule has 1 aromatic heterocycles. The van der Waals surface area contributed by atoms with Gasteiger partial charge in [-0.15, -0.1) is 0 Å². The van der Waals surface area contributed by atoms with Crippen molar-refractivity contribution in [1.82, 2.24) is 4.57 Å². The number of nitro groups is 1. The van der Waals surface area contributed by atoms with Crippen LogP contribution in [0.3, 0.4) is 0 Å². The Hall–Kier alpha value is -3.60. The van der Waals surface area contributed by atoms with E-state index in [1.165, 1.54) is 23.8 Å². The number of nitro benzene ring substituents is 1. The number of methoxy groups -OCH3 is 1. The molecule has 2 heterocycles. The first-order valence-corrected chi connectivity index (χ1v) is 11.7. The highest BCUT2D eigenvalue weighted by atomic mass is 35.5. The molecule has 0 amide bonds. The standard InChI is InChI=1S/C24H20ClN3O6S/c1-14-20(23(30)34-11-10-33-2)21(17-8-3-4-9-18(17)25)27-22(29)19(35-24(27)26-14)13-15-6-5-7-16(12-15)28(31)32/h3-9,12-13,21H,10-11H2,1-2H3. The van der Waals surface area contributed by atoms with E-state index in [0.717, 1.165) is 11.3 Å². The van der Waals surface area contributed by atoms with Crippen molar-refractivity contribution in [3.63, 3.8) is 0 Å². The molecule has 0 aliphatic carbocycles. The van der Waals surface area contributed by atoms with E-state index in [1.807, 2.05) is 0 Å². The molecule has 0 radical (unpaired) electrons. The van der Waals surface area contributed by atoms with Crippen molar-refractivity contribution in [3.05, 3.63) is 106 Å². The molecule has 1 unspecified atom stereocenters. The molecule has 3 aromatic rings. The first-order valence-electron chi connectivity index (χ1n) is 10.5. The maximum absolute atomic E-state index is 13.6. The number of rotatable bonds is 7. The monoisotopic (exact) mass is 513 g/mol. The molecule has 0 fully saturated rings. The van der Waals surface area contributed by atoms with Crippen LogP contribution < -0.4 is 14.9 Å². The van der Waals surface area contributed by atoms with Crippen molar-refractivity contribution < 1.29 is 19.2 Å². The van der Waals surface area contributed by atoms with Gasteiger partial charge in [0.05, 0.1) is 27.3 Å². The summed E-state index contributed by atoms with van der Waals surface area (Å²) in [7, 11) is 1.50. The number of esters is 1. The van der Waals surface area contributed by atoms with Crippen molar-refractivity contribution in [2.45, 2.75) is 13.0 Å². The molecule has 9 nitrogen and oxygen atoms in total. The van der Waals surface area contributed by atoms with Gasteiger partial charge in [-0.25, -0.2) is 9.79 Å². The molecule has 180 valence electrons. The number of hydrogen-bond donors (Lipinski definition) is 0. The van der Waals surface area contributed by atoms with Gasteiger partial charge in [0.15, 0.2) is 4.80 Å². The first-order chi connectivity index (χ1) is 16.8. The fourth-order valence-electron chi connectivity index (χ4n) is 3.75. The average molecular weight is 514 g/mol. The van der Waals surface area contributed by atoms with Crippen LogP contribution in [0, 0.1) is 10.1 Å². The lowest BCUT2D eigenvalue weighted by molar-refractivity contribution is -0.384. The maximum atomic E-state index is 13.6. The molecule has 1 aliphatic heterocycles. The quantitative estimate of drug-likeness (QED) is 0.208. The summed E-state index contributed by atoms with van der Waals surface area (Å²) < 4.78 is 12.0. The van der Waals surface area contributed by atoms with Crippen LogP contribution in [0.5, 0.6) is 0 Å². The van der Waals surface area contributed by atoms with Crippen LogP contribution in [-0.2, 0) is 14.3 Å². The van der Waals surface area contributed by atoms with Crippen LogP contribution in [0.1, 0.15) is 24.1 Å². The molecule has 4 rings (SSSR count). The molecular weight excluding hydrogens is 494 g/mol. The lowest BCUT2D eigenvalue weighted by atomic mass is 9.96. The Labute approximate surface area is 208 Å². The van der Waals surface area contributed by atoms with Crippen molar-refractivity contribution >= 4 is 40.7 Å². The fraction of sp³-hybridized carbons (Fsp3) is 0.208. The van der Waals surface area contributed by atoms with Gasteiger partial charge in [0.25, 0.3) is 11.2 Å².